The first-order valence-corrected chi connectivity index (χ1v) is 9.86. The number of para-hydroxylation sites is 1. The van der Waals surface area contributed by atoms with E-state index in [1.54, 1.807) is 24.3 Å². The summed E-state index contributed by atoms with van der Waals surface area (Å²) in [6.07, 6.45) is 0. The van der Waals surface area contributed by atoms with E-state index in [2.05, 4.69) is 15.9 Å². The molecule has 0 aromatic heterocycles. The van der Waals surface area contributed by atoms with E-state index in [4.69, 9.17) is 11.6 Å². The molecule has 1 unspecified atom stereocenters. The molecule has 0 saturated carbocycles. The van der Waals surface area contributed by atoms with Crippen molar-refractivity contribution in [3.63, 3.8) is 0 Å². The topological polar surface area (TPSA) is 37.4 Å². The summed E-state index contributed by atoms with van der Waals surface area (Å²) in [5.74, 6) is -0.880. The van der Waals surface area contributed by atoms with E-state index in [1.807, 2.05) is 66.7 Å². The fourth-order valence-corrected chi connectivity index (χ4v) is 4.40. The van der Waals surface area contributed by atoms with Gasteiger partial charge in [0.1, 0.15) is 5.03 Å². The molecular formula is C23H15BrClNO2. The van der Waals surface area contributed by atoms with Crippen LogP contribution in [0.4, 0.5) is 5.69 Å². The quantitative estimate of drug-likeness (QED) is 0.389. The fraction of sp³-hybridized carbons (Fsp3) is 0.0435. The number of carbonyl (C=O) groups is 2. The molecule has 3 aromatic carbocycles. The number of rotatable bonds is 3. The van der Waals surface area contributed by atoms with Crippen LogP contribution in [0.25, 0.3) is 5.70 Å². The van der Waals surface area contributed by atoms with E-state index in [0.29, 0.717) is 22.5 Å². The van der Waals surface area contributed by atoms with Crippen molar-refractivity contribution in [1.82, 2.24) is 0 Å². The maximum Gasteiger partial charge on any atom is 0.261 e. The molecule has 3 nitrogen and oxygen atoms in total. The smallest absolute Gasteiger partial charge is 0.261 e. The van der Waals surface area contributed by atoms with Gasteiger partial charge in [0.25, 0.3) is 5.91 Å². The van der Waals surface area contributed by atoms with Crippen LogP contribution in [-0.2, 0) is 13.9 Å². The molecule has 1 atom stereocenters. The van der Waals surface area contributed by atoms with E-state index in [-0.39, 0.29) is 5.03 Å². The van der Waals surface area contributed by atoms with Gasteiger partial charge in [-0.1, -0.05) is 106 Å². The first kappa shape index (κ1) is 18.7. The van der Waals surface area contributed by atoms with Gasteiger partial charge in [-0.25, -0.2) is 0 Å². The maximum absolute atomic E-state index is 13.8. The summed E-state index contributed by atoms with van der Waals surface area (Å²) in [5, 5.41) is 0.00961. The first-order valence-electron chi connectivity index (χ1n) is 8.69. The third-order valence-corrected chi connectivity index (χ3v) is 6.18. The molecule has 138 valence electrons. The Labute approximate surface area is 176 Å². The summed E-state index contributed by atoms with van der Waals surface area (Å²) >= 11 is 10.1. The Kier molecular flexibility index (Phi) is 4.92. The lowest BCUT2D eigenvalue weighted by molar-refractivity contribution is -0.128. The maximum atomic E-state index is 13.8. The Morgan fingerprint density at radius 3 is 1.82 bits per heavy atom. The van der Waals surface area contributed by atoms with Gasteiger partial charge in [-0.3, -0.25) is 14.5 Å². The second-order valence-corrected chi connectivity index (χ2v) is 7.93. The Bertz CT molecular complexity index is 1070. The molecule has 1 amide bonds. The van der Waals surface area contributed by atoms with E-state index < -0.39 is 16.0 Å². The highest BCUT2D eigenvalue weighted by Crippen LogP contribution is 2.47. The van der Waals surface area contributed by atoms with Crippen molar-refractivity contribution >= 4 is 50.6 Å². The van der Waals surface area contributed by atoms with Crippen LogP contribution in [0.1, 0.15) is 11.1 Å². The standard InChI is InChI=1S/C23H15BrClNO2/c24-23(17-12-6-2-7-13-17)21(27)19(25)20(16-10-4-1-5-11-16)26(22(23)28)18-14-8-3-9-15-18/h1-15H. The van der Waals surface area contributed by atoms with Crippen LogP contribution < -0.4 is 4.90 Å². The highest BCUT2D eigenvalue weighted by Gasteiger charge is 2.54. The van der Waals surface area contributed by atoms with Gasteiger partial charge in [0.2, 0.25) is 5.78 Å². The van der Waals surface area contributed by atoms with Crippen LogP contribution in [0.15, 0.2) is 96.0 Å². The van der Waals surface area contributed by atoms with Crippen LogP contribution in [0, 0.1) is 0 Å². The van der Waals surface area contributed by atoms with Gasteiger partial charge in [-0.2, -0.15) is 0 Å². The molecule has 0 fully saturated rings. The number of nitrogens with zero attached hydrogens (tertiary/aromatic N) is 1. The molecule has 3 aromatic rings. The van der Waals surface area contributed by atoms with Gasteiger partial charge in [0, 0.05) is 11.3 Å². The number of carbonyl (C=O) groups excluding carboxylic acids is 2. The predicted molar refractivity (Wildman–Crippen MR) is 115 cm³/mol. The fourth-order valence-electron chi connectivity index (χ4n) is 3.31. The summed E-state index contributed by atoms with van der Waals surface area (Å²) in [6, 6.07) is 27.3. The van der Waals surface area contributed by atoms with E-state index in [0.717, 1.165) is 0 Å². The molecule has 0 radical (unpaired) electrons. The third kappa shape index (κ3) is 2.89. The zero-order valence-electron chi connectivity index (χ0n) is 14.7. The Balaban J connectivity index is 2.00. The van der Waals surface area contributed by atoms with Crippen molar-refractivity contribution in [2.75, 3.05) is 4.90 Å². The second kappa shape index (κ2) is 7.38. The Morgan fingerprint density at radius 1 is 0.750 bits per heavy atom. The summed E-state index contributed by atoms with van der Waals surface area (Å²) in [5.41, 5.74) is 2.25. The molecule has 1 aliphatic heterocycles. The SMILES string of the molecule is O=C1C(Cl)=C(c2ccccc2)N(c2ccccc2)C(=O)C1(Br)c1ccccc1. The largest absolute Gasteiger partial charge is 0.291 e. The lowest BCUT2D eigenvalue weighted by Crippen LogP contribution is -2.52. The van der Waals surface area contributed by atoms with Crippen LogP contribution in [0.2, 0.25) is 0 Å². The zero-order chi connectivity index (χ0) is 19.7. The average molecular weight is 453 g/mol. The van der Waals surface area contributed by atoms with E-state index in [1.165, 1.54) is 4.90 Å². The highest BCUT2D eigenvalue weighted by atomic mass is 79.9. The number of benzene rings is 3. The zero-order valence-corrected chi connectivity index (χ0v) is 17.0. The molecule has 0 N–H and O–H groups in total. The van der Waals surface area contributed by atoms with Crippen LogP contribution >= 0.6 is 27.5 Å². The van der Waals surface area contributed by atoms with Crippen LogP contribution in [-0.4, -0.2) is 11.7 Å². The number of hydrogen-bond acceptors (Lipinski definition) is 2. The molecule has 1 heterocycles. The Morgan fingerprint density at radius 2 is 1.25 bits per heavy atom. The predicted octanol–water partition coefficient (Wildman–Crippen LogP) is 5.50. The minimum atomic E-state index is -1.58. The number of anilines is 1. The van der Waals surface area contributed by atoms with Crippen molar-refractivity contribution < 1.29 is 9.59 Å². The number of allylic oxidation sites excluding steroid dienone is 1. The van der Waals surface area contributed by atoms with Crippen molar-refractivity contribution in [1.29, 1.82) is 0 Å². The molecule has 0 aliphatic carbocycles. The van der Waals surface area contributed by atoms with Gasteiger partial charge >= 0.3 is 0 Å². The number of ketones is 1. The normalized spacial score (nSPS) is 19.9. The summed E-state index contributed by atoms with van der Waals surface area (Å²) in [7, 11) is 0. The monoisotopic (exact) mass is 451 g/mol. The van der Waals surface area contributed by atoms with Gasteiger partial charge in [0.05, 0.1) is 5.70 Å². The second-order valence-electron chi connectivity index (χ2n) is 6.36. The van der Waals surface area contributed by atoms with Crippen LogP contribution in [0.5, 0.6) is 0 Å². The summed E-state index contributed by atoms with van der Waals surface area (Å²) in [6.45, 7) is 0. The first-order chi connectivity index (χ1) is 13.5. The lowest BCUT2D eigenvalue weighted by atomic mass is 9.87. The molecule has 0 bridgehead atoms. The van der Waals surface area contributed by atoms with Gasteiger partial charge in [-0.15, -0.1) is 0 Å². The minimum Gasteiger partial charge on any atom is -0.291 e. The molecule has 5 heteroatoms. The number of Topliss-reactive ketones (excluding diaryl/α,β-unsaturated/α-hetero) is 1. The molecule has 28 heavy (non-hydrogen) atoms. The number of hydrogen-bond donors (Lipinski definition) is 0. The molecular weight excluding hydrogens is 438 g/mol. The average Bonchev–Trinajstić information content (AvgIpc) is 2.76. The van der Waals surface area contributed by atoms with Crippen molar-refractivity contribution in [3.05, 3.63) is 107 Å². The molecule has 0 saturated heterocycles. The number of amides is 1. The van der Waals surface area contributed by atoms with Crippen molar-refractivity contribution in [2.45, 2.75) is 4.32 Å². The minimum absolute atomic E-state index is 0.00961. The molecule has 4 rings (SSSR count). The third-order valence-electron chi connectivity index (χ3n) is 4.67. The van der Waals surface area contributed by atoms with Gasteiger partial charge in [-0.05, 0) is 17.7 Å². The van der Waals surface area contributed by atoms with E-state index >= 15 is 0 Å². The highest BCUT2D eigenvalue weighted by molar-refractivity contribution is 9.10. The van der Waals surface area contributed by atoms with Gasteiger partial charge < -0.3 is 0 Å². The van der Waals surface area contributed by atoms with Gasteiger partial charge in [0.15, 0.2) is 4.32 Å². The van der Waals surface area contributed by atoms with Crippen LogP contribution in [0.3, 0.4) is 0 Å². The lowest BCUT2D eigenvalue weighted by Gasteiger charge is -2.38. The van der Waals surface area contributed by atoms with Crippen molar-refractivity contribution in [3.8, 4) is 0 Å². The number of halogens is 2. The number of alkyl halides is 1. The Hall–Kier alpha value is -2.69. The molecule has 1 aliphatic rings. The van der Waals surface area contributed by atoms with Crippen molar-refractivity contribution in [2.24, 2.45) is 0 Å². The summed E-state index contributed by atoms with van der Waals surface area (Å²) in [4.78, 5) is 28.6. The van der Waals surface area contributed by atoms with E-state index in [9.17, 15) is 9.59 Å². The molecule has 0 spiro atoms. The summed E-state index contributed by atoms with van der Waals surface area (Å²) < 4.78 is -1.58.